The van der Waals surface area contributed by atoms with E-state index in [1.165, 1.54) is 0 Å². The van der Waals surface area contributed by atoms with Crippen LogP contribution >= 0.6 is 0 Å². The normalized spacial score (nSPS) is 9.69. The Labute approximate surface area is 79.7 Å². The van der Waals surface area contributed by atoms with Gasteiger partial charge in [0.05, 0.1) is 5.84 Å². The fourth-order valence-electron chi connectivity index (χ4n) is 1.33. The largest absolute Gasteiger partial charge is 0.331 e. The second-order valence-corrected chi connectivity index (χ2v) is 2.88. The molecule has 0 aliphatic heterocycles. The monoisotopic (exact) mass is 176 g/mol. The van der Waals surface area contributed by atoms with Crippen LogP contribution in [0.1, 0.15) is 20.3 Å². The molecule has 1 N–H and O–H groups in total. The first-order chi connectivity index (χ1) is 6.29. The van der Waals surface area contributed by atoms with Gasteiger partial charge >= 0.3 is 0 Å². The second-order valence-electron chi connectivity index (χ2n) is 2.88. The van der Waals surface area contributed by atoms with Gasteiger partial charge in [-0.05, 0) is 19.1 Å². The van der Waals surface area contributed by atoms with E-state index in [-0.39, 0.29) is 0 Å². The summed E-state index contributed by atoms with van der Waals surface area (Å²) in [6.45, 7) is 4.93. The Bertz CT molecular complexity index is 267. The van der Waals surface area contributed by atoms with Crippen molar-refractivity contribution in [1.29, 1.82) is 5.41 Å². The number of hydrogen-bond donors (Lipinski definition) is 1. The van der Waals surface area contributed by atoms with Crippen molar-refractivity contribution < 1.29 is 0 Å². The minimum Gasteiger partial charge on any atom is -0.331 e. The lowest BCUT2D eigenvalue weighted by Crippen LogP contribution is -2.29. The summed E-state index contributed by atoms with van der Waals surface area (Å²) in [6.07, 6.45) is 0.780. The molecule has 2 nitrogen and oxygen atoms in total. The molecule has 0 bridgehead atoms. The number of nitrogens with one attached hydrogen (secondary N) is 1. The predicted octanol–water partition coefficient (Wildman–Crippen LogP) is 2.90. The molecule has 1 aromatic rings. The van der Waals surface area contributed by atoms with Gasteiger partial charge in [-0.25, -0.2) is 0 Å². The van der Waals surface area contributed by atoms with Crippen LogP contribution in [0.4, 0.5) is 5.69 Å². The Hall–Kier alpha value is -1.31. The van der Waals surface area contributed by atoms with E-state index in [4.69, 9.17) is 5.41 Å². The Morgan fingerprint density at radius 3 is 2.31 bits per heavy atom. The quantitative estimate of drug-likeness (QED) is 0.556. The van der Waals surface area contributed by atoms with E-state index in [2.05, 4.69) is 6.92 Å². The van der Waals surface area contributed by atoms with Gasteiger partial charge in [0, 0.05) is 18.7 Å². The van der Waals surface area contributed by atoms with Crippen LogP contribution in [0.5, 0.6) is 0 Å². The molecule has 0 heterocycles. The summed E-state index contributed by atoms with van der Waals surface area (Å²) in [7, 11) is 0. The van der Waals surface area contributed by atoms with Crippen molar-refractivity contribution in [2.75, 3.05) is 11.4 Å². The highest BCUT2D eigenvalue weighted by Gasteiger charge is 2.06. The summed E-state index contributed by atoms with van der Waals surface area (Å²) < 4.78 is 0. The van der Waals surface area contributed by atoms with Gasteiger partial charge in [0.1, 0.15) is 0 Å². The highest BCUT2D eigenvalue weighted by molar-refractivity contribution is 5.95. The Kier molecular flexibility index (Phi) is 3.50. The minimum atomic E-state index is 0.675. The highest BCUT2D eigenvalue weighted by Crippen LogP contribution is 2.13. The van der Waals surface area contributed by atoms with Crippen molar-refractivity contribution in [3.05, 3.63) is 30.3 Å². The van der Waals surface area contributed by atoms with Crippen molar-refractivity contribution >= 4 is 11.5 Å². The molecule has 0 unspecified atom stereocenters. The molecule has 1 rings (SSSR count). The van der Waals surface area contributed by atoms with Crippen LogP contribution < -0.4 is 4.90 Å². The zero-order valence-corrected chi connectivity index (χ0v) is 8.25. The van der Waals surface area contributed by atoms with E-state index in [9.17, 15) is 0 Å². The SMILES string of the molecule is CCC(=N)N(CC)c1ccccc1. The Morgan fingerprint density at radius 1 is 1.23 bits per heavy atom. The molecule has 0 saturated carbocycles. The smallest absolute Gasteiger partial charge is 0.0999 e. The molecule has 0 fully saturated rings. The molecule has 0 aromatic heterocycles. The molecular formula is C11H16N2. The predicted molar refractivity (Wildman–Crippen MR) is 57.5 cm³/mol. The second kappa shape index (κ2) is 4.65. The van der Waals surface area contributed by atoms with Crippen LogP contribution in [0.15, 0.2) is 30.3 Å². The van der Waals surface area contributed by atoms with Crippen molar-refractivity contribution in [1.82, 2.24) is 0 Å². The molecular weight excluding hydrogens is 160 g/mol. The standard InChI is InChI=1S/C11H16N2/c1-3-11(12)13(4-2)10-8-6-5-7-9-10/h5-9,12H,3-4H2,1-2H3. The number of amidine groups is 1. The van der Waals surface area contributed by atoms with E-state index in [1.54, 1.807) is 0 Å². The fourth-order valence-corrected chi connectivity index (χ4v) is 1.33. The Balaban J connectivity index is 2.85. The summed E-state index contributed by atoms with van der Waals surface area (Å²) in [5.74, 6) is 0.675. The molecule has 0 aliphatic rings. The summed E-state index contributed by atoms with van der Waals surface area (Å²) in [6, 6.07) is 10.1. The van der Waals surface area contributed by atoms with Gasteiger partial charge in [0.15, 0.2) is 0 Å². The van der Waals surface area contributed by atoms with Gasteiger partial charge in [0.2, 0.25) is 0 Å². The average Bonchev–Trinajstić information content (AvgIpc) is 2.20. The van der Waals surface area contributed by atoms with Gasteiger partial charge in [0.25, 0.3) is 0 Å². The number of anilines is 1. The number of para-hydroxylation sites is 1. The summed E-state index contributed by atoms with van der Waals surface area (Å²) in [5, 5.41) is 7.76. The first-order valence-corrected chi connectivity index (χ1v) is 4.69. The number of benzene rings is 1. The lowest BCUT2D eigenvalue weighted by atomic mass is 10.2. The maximum Gasteiger partial charge on any atom is 0.0999 e. The molecule has 0 aliphatic carbocycles. The van der Waals surface area contributed by atoms with Crippen LogP contribution in [0.2, 0.25) is 0 Å². The summed E-state index contributed by atoms with van der Waals surface area (Å²) in [5.41, 5.74) is 1.11. The van der Waals surface area contributed by atoms with Crippen LogP contribution in [-0.4, -0.2) is 12.4 Å². The fraction of sp³-hybridized carbons (Fsp3) is 0.364. The highest BCUT2D eigenvalue weighted by atomic mass is 15.2. The Morgan fingerprint density at radius 2 is 1.85 bits per heavy atom. The summed E-state index contributed by atoms with van der Waals surface area (Å²) in [4.78, 5) is 2.01. The van der Waals surface area contributed by atoms with Crippen molar-refractivity contribution in [3.63, 3.8) is 0 Å². The molecule has 0 atom stereocenters. The third-order valence-electron chi connectivity index (χ3n) is 2.04. The number of nitrogens with zero attached hydrogens (tertiary/aromatic N) is 1. The topological polar surface area (TPSA) is 27.1 Å². The van der Waals surface area contributed by atoms with E-state index in [0.29, 0.717) is 5.84 Å². The third kappa shape index (κ3) is 2.31. The van der Waals surface area contributed by atoms with Crippen molar-refractivity contribution in [2.45, 2.75) is 20.3 Å². The van der Waals surface area contributed by atoms with Crippen molar-refractivity contribution in [2.24, 2.45) is 0 Å². The molecule has 0 spiro atoms. The van der Waals surface area contributed by atoms with Crippen molar-refractivity contribution in [3.8, 4) is 0 Å². The first-order valence-electron chi connectivity index (χ1n) is 4.69. The van der Waals surface area contributed by atoms with E-state index in [0.717, 1.165) is 18.7 Å². The lowest BCUT2D eigenvalue weighted by molar-refractivity contribution is 1.01. The molecule has 0 radical (unpaired) electrons. The van der Waals surface area contributed by atoms with Gasteiger partial charge in [-0.1, -0.05) is 25.1 Å². The van der Waals surface area contributed by atoms with Gasteiger partial charge in [-0.2, -0.15) is 0 Å². The van der Waals surface area contributed by atoms with E-state index < -0.39 is 0 Å². The maximum absolute atomic E-state index is 7.76. The van der Waals surface area contributed by atoms with Gasteiger partial charge < -0.3 is 4.90 Å². The zero-order valence-electron chi connectivity index (χ0n) is 8.25. The first kappa shape index (κ1) is 9.78. The summed E-state index contributed by atoms with van der Waals surface area (Å²) >= 11 is 0. The van der Waals surface area contributed by atoms with E-state index >= 15 is 0 Å². The molecule has 13 heavy (non-hydrogen) atoms. The average molecular weight is 176 g/mol. The van der Waals surface area contributed by atoms with E-state index in [1.807, 2.05) is 42.2 Å². The molecule has 0 saturated heterocycles. The molecule has 70 valence electrons. The van der Waals surface area contributed by atoms with Crippen LogP contribution in [0, 0.1) is 5.41 Å². The van der Waals surface area contributed by atoms with Crippen LogP contribution in [0.3, 0.4) is 0 Å². The number of hydrogen-bond acceptors (Lipinski definition) is 1. The zero-order chi connectivity index (χ0) is 9.68. The molecule has 1 aromatic carbocycles. The molecule has 2 heteroatoms. The molecule has 0 amide bonds. The lowest BCUT2D eigenvalue weighted by Gasteiger charge is -2.22. The van der Waals surface area contributed by atoms with Gasteiger partial charge in [-0.3, -0.25) is 5.41 Å². The van der Waals surface area contributed by atoms with Gasteiger partial charge in [-0.15, -0.1) is 0 Å². The maximum atomic E-state index is 7.76. The third-order valence-corrected chi connectivity index (χ3v) is 2.04. The van der Waals surface area contributed by atoms with Crippen LogP contribution in [-0.2, 0) is 0 Å². The van der Waals surface area contributed by atoms with Crippen LogP contribution in [0.25, 0.3) is 0 Å². The minimum absolute atomic E-state index is 0.675. The number of rotatable bonds is 3.